The van der Waals surface area contributed by atoms with Crippen LogP contribution in [0.15, 0.2) is 99.8 Å². The van der Waals surface area contributed by atoms with Gasteiger partial charge in [0.25, 0.3) is 10.1 Å². The molecule has 3 aliphatic rings. The van der Waals surface area contributed by atoms with Crippen LogP contribution in [-0.2, 0) is 16.7 Å². The van der Waals surface area contributed by atoms with Crippen LogP contribution in [0.2, 0.25) is 0 Å². The standard InChI is InChI=1S/C42H42N2O3S2/c1-5-24-48-42-30(17-20-35-32-11-8-10-29-26(4)14-19-37(40(29)32)43(35)6-2)27-15-16-28(25-27)31(42)18-21-36-33-12-9-13-34-39(49(45,46)47)23-22-38(41(33)34)44(36)7-3/h8-14,17-23,27-28H,5-7,15-16,24-25H2,1-4H3/p+1. The summed E-state index contributed by atoms with van der Waals surface area (Å²) < 4.78 is 39.3. The Morgan fingerprint density at radius 1 is 0.898 bits per heavy atom. The Morgan fingerprint density at radius 2 is 1.67 bits per heavy atom. The number of rotatable bonds is 9. The maximum atomic E-state index is 12.3. The van der Waals surface area contributed by atoms with Gasteiger partial charge in [0.2, 0.25) is 11.4 Å². The average molecular weight is 688 g/mol. The van der Waals surface area contributed by atoms with Crippen LogP contribution in [0.25, 0.3) is 38.5 Å². The number of allylic oxidation sites excluding steroid dienone is 5. The Bertz CT molecular complexity index is 2480. The first-order valence-electron chi connectivity index (χ1n) is 17.7. The van der Waals surface area contributed by atoms with E-state index in [9.17, 15) is 13.0 Å². The van der Waals surface area contributed by atoms with Crippen LogP contribution in [0, 0.1) is 18.8 Å². The molecule has 4 aromatic carbocycles. The normalized spacial score (nSPS) is 20.6. The zero-order valence-corrected chi connectivity index (χ0v) is 30.3. The first kappa shape index (κ1) is 32.3. The molecule has 8 rings (SSSR count). The molecule has 0 spiro atoms. The fourth-order valence-corrected chi connectivity index (χ4v) is 10.7. The summed E-state index contributed by atoms with van der Waals surface area (Å²) in [5, 5.41) is 6.23. The van der Waals surface area contributed by atoms with Crippen molar-refractivity contribution in [1.29, 1.82) is 0 Å². The minimum Gasteiger partial charge on any atom is -0.341 e. The lowest BCUT2D eigenvalue weighted by atomic mass is 9.84. The second-order valence-electron chi connectivity index (χ2n) is 13.6. The fraction of sp³-hybridized carbons (Fsp3) is 0.310. The Morgan fingerprint density at radius 3 is 2.45 bits per heavy atom. The first-order valence-corrected chi connectivity index (χ1v) is 20.1. The van der Waals surface area contributed by atoms with Crippen molar-refractivity contribution >= 4 is 71.8 Å². The van der Waals surface area contributed by atoms with Crippen molar-refractivity contribution < 1.29 is 17.5 Å². The number of aryl methyl sites for hydroxylation is 2. The monoisotopic (exact) mass is 687 g/mol. The summed E-state index contributed by atoms with van der Waals surface area (Å²) >= 11 is 2.01. The molecule has 2 bridgehead atoms. The molecule has 2 unspecified atom stereocenters. The molecule has 2 aliphatic carbocycles. The molecule has 1 aliphatic heterocycles. The van der Waals surface area contributed by atoms with Gasteiger partial charge in [-0.15, -0.1) is 11.8 Å². The number of fused-ring (bicyclic) bond motifs is 2. The largest absolute Gasteiger partial charge is 0.341 e. The van der Waals surface area contributed by atoms with Crippen molar-refractivity contribution in [3.05, 3.63) is 111 Å². The predicted molar refractivity (Wildman–Crippen MR) is 206 cm³/mol. The highest BCUT2D eigenvalue weighted by Crippen LogP contribution is 2.52. The fourth-order valence-electron chi connectivity index (χ4n) is 8.80. The van der Waals surface area contributed by atoms with Gasteiger partial charge in [-0.2, -0.15) is 13.0 Å². The van der Waals surface area contributed by atoms with E-state index >= 15 is 0 Å². The zero-order valence-electron chi connectivity index (χ0n) is 28.7. The smallest absolute Gasteiger partial charge is 0.295 e. The van der Waals surface area contributed by atoms with E-state index in [0.29, 0.717) is 17.2 Å². The summed E-state index contributed by atoms with van der Waals surface area (Å²) in [5.74, 6) is 2.18. The van der Waals surface area contributed by atoms with Gasteiger partial charge < -0.3 is 4.57 Å². The number of nitrogens with zero attached hydrogens (tertiary/aromatic N) is 2. The van der Waals surface area contributed by atoms with E-state index in [2.05, 4.69) is 97.5 Å². The highest BCUT2D eigenvalue weighted by atomic mass is 32.2. The molecule has 1 aromatic heterocycles. The third kappa shape index (κ3) is 5.16. The van der Waals surface area contributed by atoms with Gasteiger partial charge in [-0.3, -0.25) is 4.55 Å². The number of thioether (sulfide) groups is 1. The van der Waals surface area contributed by atoms with Crippen molar-refractivity contribution in [2.45, 2.75) is 64.8 Å². The molecule has 0 saturated heterocycles. The molecule has 1 saturated carbocycles. The molecule has 1 N–H and O–H groups in total. The van der Waals surface area contributed by atoms with Gasteiger partial charge in [-0.05, 0) is 110 Å². The number of hydrogen-bond donors (Lipinski definition) is 1. The lowest BCUT2D eigenvalue weighted by Gasteiger charge is -2.27. The summed E-state index contributed by atoms with van der Waals surface area (Å²) in [7, 11) is -4.35. The molecule has 250 valence electrons. The van der Waals surface area contributed by atoms with E-state index in [0.717, 1.165) is 46.9 Å². The summed E-state index contributed by atoms with van der Waals surface area (Å²) in [6.07, 6.45) is 14.2. The molecule has 2 atom stereocenters. The van der Waals surface area contributed by atoms with Crippen LogP contribution in [0.4, 0.5) is 5.69 Å². The molecule has 0 radical (unpaired) electrons. The van der Waals surface area contributed by atoms with Gasteiger partial charge in [0.05, 0.1) is 10.9 Å². The number of aromatic nitrogens is 1. The van der Waals surface area contributed by atoms with E-state index in [1.807, 2.05) is 23.9 Å². The van der Waals surface area contributed by atoms with Crippen LogP contribution in [-0.4, -0.2) is 40.1 Å². The summed E-state index contributed by atoms with van der Waals surface area (Å²) in [5.41, 5.74) is 9.12. The Kier molecular flexibility index (Phi) is 8.21. The van der Waals surface area contributed by atoms with Gasteiger partial charge in [-0.1, -0.05) is 55.5 Å². The van der Waals surface area contributed by atoms with Crippen LogP contribution < -0.4 is 5.35 Å². The van der Waals surface area contributed by atoms with E-state index in [1.54, 1.807) is 6.07 Å². The summed E-state index contributed by atoms with van der Waals surface area (Å²) in [6, 6.07) is 20.4. The topological polar surface area (TPSA) is 62.3 Å². The van der Waals surface area contributed by atoms with Gasteiger partial charge >= 0.3 is 0 Å². The maximum Gasteiger partial charge on any atom is 0.295 e. The second kappa shape index (κ2) is 12.4. The highest BCUT2D eigenvalue weighted by Gasteiger charge is 2.38. The van der Waals surface area contributed by atoms with Crippen molar-refractivity contribution in [2.24, 2.45) is 11.8 Å². The minimum absolute atomic E-state index is 0.0399. The molecular weight excluding hydrogens is 645 g/mol. The molecule has 0 amide bonds. The third-order valence-electron chi connectivity index (χ3n) is 11.0. The van der Waals surface area contributed by atoms with Gasteiger partial charge in [0, 0.05) is 50.6 Å². The molecule has 2 heterocycles. The Balaban J connectivity index is 1.29. The molecule has 7 heteroatoms. The van der Waals surface area contributed by atoms with E-state index in [1.165, 1.54) is 74.7 Å². The molecule has 5 nitrogen and oxygen atoms in total. The Labute approximate surface area is 293 Å². The van der Waals surface area contributed by atoms with Crippen LogP contribution in [0.3, 0.4) is 0 Å². The van der Waals surface area contributed by atoms with Crippen molar-refractivity contribution in [3.63, 3.8) is 0 Å². The number of hydrogen-bond acceptors (Lipinski definition) is 3. The van der Waals surface area contributed by atoms with Crippen LogP contribution >= 0.6 is 11.8 Å². The quantitative estimate of drug-likeness (QED) is 0.124. The van der Waals surface area contributed by atoms with Gasteiger partial charge in [0.1, 0.15) is 11.4 Å². The summed E-state index contributed by atoms with van der Waals surface area (Å²) in [4.78, 5) is 1.40. The molecule has 5 aromatic rings. The lowest BCUT2D eigenvalue weighted by Crippen LogP contribution is -2.16. The third-order valence-corrected chi connectivity index (χ3v) is 13.3. The molecule has 49 heavy (non-hydrogen) atoms. The van der Waals surface area contributed by atoms with Gasteiger partial charge in [-0.25, -0.2) is 0 Å². The van der Waals surface area contributed by atoms with E-state index < -0.39 is 10.1 Å². The van der Waals surface area contributed by atoms with Crippen molar-refractivity contribution in [2.75, 3.05) is 12.3 Å². The maximum absolute atomic E-state index is 12.3. The Hall–Kier alpha value is -3.91. The van der Waals surface area contributed by atoms with Crippen molar-refractivity contribution in [3.8, 4) is 0 Å². The second-order valence-corrected chi connectivity index (χ2v) is 16.1. The minimum atomic E-state index is -4.35. The van der Waals surface area contributed by atoms with E-state index in [4.69, 9.17) is 0 Å². The van der Waals surface area contributed by atoms with Crippen LogP contribution in [0.1, 0.15) is 57.6 Å². The number of benzene rings is 4. The average Bonchev–Trinajstić information content (AvgIpc) is 3.76. The highest BCUT2D eigenvalue weighted by molar-refractivity contribution is 8.03. The molecular formula is C42H43N2O3S2+. The van der Waals surface area contributed by atoms with Gasteiger partial charge in [0.15, 0.2) is 0 Å². The summed E-state index contributed by atoms with van der Waals surface area (Å²) in [6.45, 7) is 10.5. The SMILES string of the molecule is CCCSC1=C(/C=C/C2=[N+](CC)c3ccc(C)c4cccc2c34)C2CCC(C2)/C1=C\C=c1\c2cccc3c(S(=O)(=O)O)ccc(c32)n1CC. The zero-order chi connectivity index (χ0) is 34.0. The van der Waals surface area contributed by atoms with Crippen LogP contribution in [0.5, 0.6) is 0 Å². The van der Waals surface area contributed by atoms with E-state index in [-0.39, 0.29) is 4.90 Å². The van der Waals surface area contributed by atoms with Crippen molar-refractivity contribution in [1.82, 2.24) is 4.57 Å². The lowest BCUT2D eigenvalue weighted by molar-refractivity contribution is -0.430. The molecule has 1 fully saturated rings. The first-order chi connectivity index (χ1) is 23.7. The predicted octanol–water partition coefficient (Wildman–Crippen LogP) is 9.50.